The van der Waals surface area contributed by atoms with Crippen molar-refractivity contribution < 1.29 is 4.79 Å². The van der Waals surface area contributed by atoms with E-state index < -0.39 is 0 Å². The van der Waals surface area contributed by atoms with Crippen LogP contribution in [0.3, 0.4) is 0 Å². The Bertz CT molecular complexity index is 191. The van der Waals surface area contributed by atoms with Crippen LogP contribution in [0.4, 0.5) is 4.79 Å². The molecule has 13 heavy (non-hydrogen) atoms. The fourth-order valence-corrected chi connectivity index (χ4v) is 1.83. The average Bonchev–Trinajstić information content (AvgIpc) is 2.50. The van der Waals surface area contributed by atoms with E-state index in [9.17, 15) is 4.79 Å². The standard InChI is InChI=1S/C9H19N3O/c1-7(10)8-5-4-6-12(8)9(13)11(2)3/h7-8H,4-6,10H2,1-3H3. The molecule has 1 rings (SSSR count). The van der Waals surface area contributed by atoms with Crippen LogP contribution in [0, 0.1) is 0 Å². The molecule has 4 nitrogen and oxygen atoms in total. The number of amides is 2. The van der Waals surface area contributed by atoms with E-state index >= 15 is 0 Å². The number of rotatable bonds is 1. The highest BCUT2D eigenvalue weighted by atomic mass is 16.2. The van der Waals surface area contributed by atoms with Crippen molar-refractivity contribution >= 4 is 6.03 Å². The Morgan fingerprint density at radius 3 is 2.69 bits per heavy atom. The number of hydrogen-bond acceptors (Lipinski definition) is 2. The highest BCUT2D eigenvalue weighted by Crippen LogP contribution is 2.20. The predicted octanol–water partition coefficient (Wildman–Crippen LogP) is 0.480. The second-order valence-electron chi connectivity index (χ2n) is 3.94. The lowest BCUT2D eigenvalue weighted by Gasteiger charge is -2.29. The molecule has 1 aliphatic heterocycles. The fourth-order valence-electron chi connectivity index (χ4n) is 1.83. The Morgan fingerprint density at radius 2 is 2.23 bits per heavy atom. The molecular formula is C9H19N3O. The highest BCUT2D eigenvalue weighted by molar-refractivity contribution is 5.74. The zero-order chi connectivity index (χ0) is 10.0. The minimum Gasteiger partial charge on any atom is -0.331 e. The highest BCUT2D eigenvalue weighted by Gasteiger charge is 2.31. The first kappa shape index (κ1) is 10.3. The van der Waals surface area contributed by atoms with Crippen molar-refractivity contribution in [2.45, 2.75) is 31.8 Å². The molecule has 1 saturated heterocycles. The minimum atomic E-state index is 0.0754. The first-order valence-electron chi connectivity index (χ1n) is 4.77. The van der Waals surface area contributed by atoms with E-state index in [1.807, 2.05) is 11.8 Å². The molecule has 0 saturated carbocycles. The van der Waals surface area contributed by atoms with Gasteiger partial charge in [0.15, 0.2) is 0 Å². The van der Waals surface area contributed by atoms with Crippen LogP contribution in [0.25, 0.3) is 0 Å². The monoisotopic (exact) mass is 185 g/mol. The van der Waals surface area contributed by atoms with E-state index in [-0.39, 0.29) is 18.1 Å². The molecule has 2 N–H and O–H groups in total. The normalized spacial score (nSPS) is 24.6. The molecule has 1 aliphatic rings. The maximum Gasteiger partial charge on any atom is 0.319 e. The van der Waals surface area contributed by atoms with Gasteiger partial charge in [-0.2, -0.15) is 0 Å². The van der Waals surface area contributed by atoms with Crippen LogP contribution in [-0.2, 0) is 0 Å². The van der Waals surface area contributed by atoms with Crippen molar-refractivity contribution in [1.82, 2.24) is 9.80 Å². The molecule has 0 spiro atoms. The van der Waals surface area contributed by atoms with Crippen molar-refractivity contribution in [3.05, 3.63) is 0 Å². The zero-order valence-corrected chi connectivity index (χ0v) is 8.66. The van der Waals surface area contributed by atoms with Crippen molar-refractivity contribution in [3.63, 3.8) is 0 Å². The number of nitrogens with zero attached hydrogens (tertiary/aromatic N) is 2. The summed E-state index contributed by atoms with van der Waals surface area (Å²) in [5.41, 5.74) is 5.81. The van der Waals surface area contributed by atoms with Gasteiger partial charge in [-0.25, -0.2) is 4.79 Å². The Kier molecular flexibility index (Phi) is 3.14. The summed E-state index contributed by atoms with van der Waals surface area (Å²) < 4.78 is 0. The van der Waals surface area contributed by atoms with Gasteiger partial charge in [0.2, 0.25) is 0 Å². The van der Waals surface area contributed by atoms with Crippen molar-refractivity contribution in [2.75, 3.05) is 20.6 Å². The Balaban J connectivity index is 2.63. The SMILES string of the molecule is CC(N)C1CCCN1C(=O)N(C)C. The van der Waals surface area contributed by atoms with Gasteiger partial charge in [0, 0.05) is 32.7 Å². The second-order valence-corrected chi connectivity index (χ2v) is 3.94. The van der Waals surface area contributed by atoms with Gasteiger partial charge < -0.3 is 15.5 Å². The van der Waals surface area contributed by atoms with Crippen LogP contribution in [0.15, 0.2) is 0 Å². The molecule has 1 fully saturated rings. The van der Waals surface area contributed by atoms with Crippen molar-refractivity contribution in [2.24, 2.45) is 5.73 Å². The van der Waals surface area contributed by atoms with Crippen LogP contribution in [-0.4, -0.2) is 48.6 Å². The number of hydrogen-bond donors (Lipinski definition) is 1. The second kappa shape index (κ2) is 3.96. The van der Waals surface area contributed by atoms with Gasteiger partial charge in [-0.1, -0.05) is 0 Å². The summed E-state index contributed by atoms with van der Waals surface area (Å²) in [6.07, 6.45) is 2.11. The molecule has 76 valence electrons. The first-order chi connectivity index (χ1) is 6.04. The zero-order valence-electron chi connectivity index (χ0n) is 8.66. The molecule has 1 heterocycles. The van der Waals surface area contributed by atoms with Crippen LogP contribution >= 0.6 is 0 Å². The molecule has 0 aliphatic carbocycles. The van der Waals surface area contributed by atoms with Gasteiger partial charge >= 0.3 is 6.03 Å². The van der Waals surface area contributed by atoms with Gasteiger partial charge in [0.05, 0.1) is 0 Å². The average molecular weight is 185 g/mol. The largest absolute Gasteiger partial charge is 0.331 e. The molecule has 0 radical (unpaired) electrons. The van der Waals surface area contributed by atoms with E-state index in [1.165, 1.54) is 0 Å². The third-order valence-corrected chi connectivity index (χ3v) is 2.53. The third kappa shape index (κ3) is 2.12. The van der Waals surface area contributed by atoms with Crippen LogP contribution in [0.2, 0.25) is 0 Å². The third-order valence-electron chi connectivity index (χ3n) is 2.53. The summed E-state index contributed by atoms with van der Waals surface area (Å²) in [6.45, 7) is 2.81. The van der Waals surface area contributed by atoms with E-state index in [2.05, 4.69) is 0 Å². The number of likely N-dealkylation sites (tertiary alicyclic amines) is 1. The molecule has 0 bridgehead atoms. The van der Waals surface area contributed by atoms with Crippen LogP contribution < -0.4 is 5.73 Å². The van der Waals surface area contributed by atoms with E-state index in [0.717, 1.165) is 19.4 Å². The first-order valence-corrected chi connectivity index (χ1v) is 4.77. The molecule has 4 heteroatoms. The topological polar surface area (TPSA) is 49.6 Å². The summed E-state index contributed by atoms with van der Waals surface area (Å²) in [7, 11) is 3.55. The van der Waals surface area contributed by atoms with Gasteiger partial charge in [0.1, 0.15) is 0 Å². The van der Waals surface area contributed by atoms with Gasteiger partial charge in [-0.3, -0.25) is 0 Å². The molecule has 2 amide bonds. The summed E-state index contributed by atoms with van der Waals surface area (Å²) in [6, 6.07) is 0.390. The quantitative estimate of drug-likeness (QED) is 0.646. The molecule has 0 aromatic heterocycles. The summed E-state index contributed by atoms with van der Waals surface area (Å²) >= 11 is 0. The fraction of sp³-hybridized carbons (Fsp3) is 0.889. The molecule has 0 aromatic carbocycles. The maximum atomic E-state index is 11.7. The Labute approximate surface area is 79.7 Å². The van der Waals surface area contributed by atoms with Gasteiger partial charge in [0.25, 0.3) is 0 Å². The smallest absolute Gasteiger partial charge is 0.319 e. The molecule has 0 aromatic rings. The van der Waals surface area contributed by atoms with Gasteiger partial charge in [-0.15, -0.1) is 0 Å². The number of nitrogens with two attached hydrogens (primary N) is 1. The lowest BCUT2D eigenvalue weighted by Crippen LogP contribution is -2.48. The predicted molar refractivity (Wildman–Crippen MR) is 52.5 cm³/mol. The lowest BCUT2D eigenvalue weighted by molar-refractivity contribution is 0.160. The summed E-state index contributed by atoms with van der Waals surface area (Å²) in [5, 5.41) is 0. The van der Waals surface area contributed by atoms with Gasteiger partial charge in [-0.05, 0) is 19.8 Å². The number of carbonyl (C=O) groups excluding carboxylic acids is 1. The Hall–Kier alpha value is -0.770. The Morgan fingerprint density at radius 1 is 1.62 bits per heavy atom. The maximum absolute atomic E-state index is 11.7. The van der Waals surface area contributed by atoms with Crippen molar-refractivity contribution in [1.29, 1.82) is 0 Å². The van der Waals surface area contributed by atoms with Crippen LogP contribution in [0.1, 0.15) is 19.8 Å². The summed E-state index contributed by atoms with van der Waals surface area (Å²) in [5.74, 6) is 0. The molecule has 2 atom stereocenters. The summed E-state index contributed by atoms with van der Waals surface area (Å²) in [4.78, 5) is 15.1. The van der Waals surface area contributed by atoms with Crippen LogP contribution in [0.5, 0.6) is 0 Å². The number of carbonyl (C=O) groups is 1. The minimum absolute atomic E-state index is 0.0754. The van der Waals surface area contributed by atoms with E-state index in [0.29, 0.717) is 0 Å². The number of urea groups is 1. The van der Waals surface area contributed by atoms with Crippen molar-refractivity contribution in [3.8, 4) is 0 Å². The molecule has 2 unspecified atom stereocenters. The van der Waals surface area contributed by atoms with E-state index in [1.54, 1.807) is 19.0 Å². The van der Waals surface area contributed by atoms with E-state index in [4.69, 9.17) is 5.73 Å². The lowest BCUT2D eigenvalue weighted by atomic mass is 10.1. The molecular weight excluding hydrogens is 166 g/mol.